The number of carbonyl (C=O) groups is 2. The quantitative estimate of drug-likeness (QED) is 0.773. The third-order valence-corrected chi connectivity index (χ3v) is 4.46. The monoisotopic (exact) mass is 302 g/mol. The van der Waals surface area contributed by atoms with Crippen molar-refractivity contribution in [2.24, 2.45) is 5.92 Å². The van der Waals surface area contributed by atoms with Crippen LogP contribution in [0.4, 0.5) is 0 Å². The predicted molar refractivity (Wildman–Crippen MR) is 82.7 cm³/mol. The Balaban J connectivity index is 1.48. The topological polar surface area (TPSA) is 60.9 Å². The molecule has 1 N–H and O–H groups in total. The lowest BCUT2D eigenvalue weighted by Crippen LogP contribution is -2.35. The molecule has 5 nitrogen and oxygen atoms in total. The Labute approximate surface area is 130 Å². The Kier molecular flexibility index (Phi) is 4.27. The third-order valence-electron chi connectivity index (χ3n) is 4.46. The van der Waals surface area contributed by atoms with Crippen LogP contribution in [0.1, 0.15) is 40.0 Å². The average molecular weight is 302 g/mol. The van der Waals surface area contributed by atoms with Crippen molar-refractivity contribution in [3.63, 3.8) is 0 Å². The van der Waals surface area contributed by atoms with E-state index in [1.165, 1.54) is 4.90 Å². The number of nitrogens with zero attached hydrogens (tertiary/aromatic N) is 2. The van der Waals surface area contributed by atoms with E-state index >= 15 is 0 Å². The van der Waals surface area contributed by atoms with Crippen molar-refractivity contribution in [2.75, 3.05) is 26.7 Å². The minimum atomic E-state index is -0.246. The molecule has 1 atom stereocenters. The summed E-state index contributed by atoms with van der Waals surface area (Å²) in [6, 6.07) is 6.96. The van der Waals surface area contributed by atoms with Crippen LogP contribution in [0.15, 0.2) is 24.3 Å². The fraction of sp³-hybridized carbons (Fsp3) is 0.529. The largest absolute Gasteiger partial charge is 0.392 e. The van der Waals surface area contributed by atoms with Gasteiger partial charge in [-0.2, -0.15) is 0 Å². The molecule has 0 spiro atoms. The molecule has 0 aromatic heterocycles. The van der Waals surface area contributed by atoms with Gasteiger partial charge >= 0.3 is 0 Å². The van der Waals surface area contributed by atoms with Gasteiger partial charge in [-0.3, -0.25) is 14.5 Å². The molecule has 1 aliphatic heterocycles. The molecule has 2 amide bonds. The number of amides is 2. The van der Waals surface area contributed by atoms with Gasteiger partial charge in [-0.05, 0) is 50.9 Å². The van der Waals surface area contributed by atoms with E-state index < -0.39 is 0 Å². The van der Waals surface area contributed by atoms with Crippen molar-refractivity contribution in [2.45, 2.75) is 25.4 Å². The molecule has 1 saturated carbocycles. The standard InChI is InChI=1S/C17H22N2O3/c1-18(11-15(20)12-7-8-12)9-4-10-19-16(21)13-5-2-3-6-14(13)17(19)22/h2-3,5-6,12,15,20H,4,7-11H2,1H3. The van der Waals surface area contributed by atoms with E-state index in [1.807, 2.05) is 7.05 Å². The lowest BCUT2D eigenvalue weighted by atomic mass is 10.1. The van der Waals surface area contributed by atoms with Crippen molar-refractivity contribution < 1.29 is 14.7 Å². The molecule has 0 bridgehead atoms. The Morgan fingerprint density at radius 2 is 1.82 bits per heavy atom. The maximum absolute atomic E-state index is 12.2. The summed E-state index contributed by atoms with van der Waals surface area (Å²) >= 11 is 0. The van der Waals surface area contributed by atoms with E-state index in [9.17, 15) is 14.7 Å². The second-order valence-corrected chi connectivity index (χ2v) is 6.33. The maximum Gasteiger partial charge on any atom is 0.261 e. The van der Waals surface area contributed by atoms with Crippen LogP contribution in [0.2, 0.25) is 0 Å². The summed E-state index contributed by atoms with van der Waals surface area (Å²) in [4.78, 5) is 27.8. The molecule has 0 saturated heterocycles. The molecule has 3 rings (SSSR count). The number of likely N-dealkylation sites (N-methyl/N-ethyl adjacent to an activating group) is 1. The van der Waals surface area contributed by atoms with E-state index in [-0.39, 0.29) is 17.9 Å². The van der Waals surface area contributed by atoms with E-state index in [2.05, 4.69) is 4.90 Å². The molecule has 1 fully saturated rings. The van der Waals surface area contributed by atoms with Gasteiger partial charge in [0.25, 0.3) is 11.8 Å². The number of hydrogen-bond donors (Lipinski definition) is 1. The molecule has 2 aliphatic rings. The summed E-state index contributed by atoms with van der Waals surface area (Å²) in [5.41, 5.74) is 1.01. The van der Waals surface area contributed by atoms with E-state index in [1.54, 1.807) is 24.3 Å². The Hall–Kier alpha value is -1.72. The molecule has 1 aromatic carbocycles. The molecule has 5 heteroatoms. The zero-order valence-corrected chi connectivity index (χ0v) is 12.9. The first-order chi connectivity index (χ1) is 10.6. The fourth-order valence-corrected chi connectivity index (χ4v) is 2.98. The Morgan fingerprint density at radius 1 is 1.23 bits per heavy atom. The van der Waals surface area contributed by atoms with Gasteiger partial charge < -0.3 is 10.0 Å². The van der Waals surface area contributed by atoms with Gasteiger partial charge in [-0.1, -0.05) is 12.1 Å². The Morgan fingerprint density at radius 3 is 2.36 bits per heavy atom. The van der Waals surface area contributed by atoms with Gasteiger partial charge in [0, 0.05) is 13.1 Å². The predicted octanol–water partition coefficient (Wildman–Crippen LogP) is 1.38. The molecular weight excluding hydrogens is 280 g/mol. The highest BCUT2D eigenvalue weighted by Gasteiger charge is 2.34. The molecule has 1 aromatic rings. The first kappa shape index (κ1) is 15.2. The summed E-state index contributed by atoms with van der Waals surface area (Å²) in [7, 11) is 1.97. The molecular formula is C17H22N2O3. The SMILES string of the molecule is CN(CCCN1C(=O)c2ccccc2C1=O)CC(O)C1CC1. The van der Waals surface area contributed by atoms with Crippen molar-refractivity contribution in [3.8, 4) is 0 Å². The number of benzene rings is 1. The van der Waals surface area contributed by atoms with Crippen molar-refractivity contribution in [3.05, 3.63) is 35.4 Å². The fourth-order valence-electron chi connectivity index (χ4n) is 2.98. The summed E-state index contributed by atoms with van der Waals surface area (Å²) in [6.07, 6.45) is 2.73. The second kappa shape index (κ2) is 6.18. The van der Waals surface area contributed by atoms with Crippen LogP contribution >= 0.6 is 0 Å². The summed E-state index contributed by atoms with van der Waals surface area (Å²) in [6.45, 7) is 1.85. The number of hydrogen-bond acceptors (Lipinski definition) is 4. The van der Waals surface area contributed by atoms with Gasteiger partial charge in [-0.25, -0.2) is 0 Å². The van der Waals surface area contributed by atoms with Crippen LogP contribution in [-0.4, -0.2) is 59.5 Å². The zero-order chi connectivity index (χ0) is 15.7. The zero-order valence-electron chi connectivity index (χ0n) is 12.9. The number of aliphatic hydroxyl groups excluding tert-OH is 1. The highest BCUT2D eigenvalue weighted by atomic mass is 16.3. The smallest absolute Gasteiger partial charge is 0.261 e. The van der Waals surface area contributed by atoms with Gasteiger partial charge in [0.2, 0.25) is 0 Å². The van der Waals surface area contributed by atoms with Crippen LogP contribution in [0.3, 0.4) is 0 Å². The van der Waals surface area contributed by atoms with Crippen molar-refractivity contribution >= 4 is 11.8 Å². The highest BCUT2D eigenvalue weighted by Crippen LogP contribution is 2.32. The number of fused-ring (bicyclic) bond motifs is 1. The molecule has 1 unspecified atom stereocenters. The van der Waals surface area contributed by atoms with Gasteiger partial charge in [0.05, 0.1) is 17.2 Å². The minimum absolute atomic E-state index is 0.193. The highest BCUT2D eigenvalue weighted by molar-refractivity contribution is 6.21. The van der Waals surface area contributed by atoms with Crippen LogP contribution < -0.4 is 0 Å². The normalized spacial score (nSPS) is 19.0. The van der Waals surface area contributed by atoms with Crippen molar-refractivity contribution in [1.82, 2.24) is 9.80 Å². The van der Waals surface area contributed by atoms with Crippen LogP contribution in [0, 0.1) is 5.92 Å². The summed E-state index contributed by atoms with van der Waals surface area (Å²) in [5.74, 6) is 0.0845. The van der Waals surface area contributed by atoms with E-state index in [0.29, 0.717) is 30.1 Å². The van der Waals surface area contributed by atoms with Crippen LogP contribution in [0.25, 0.3) is 0 Å². The first-order valence-electron chi connectivity index (χ1n) is 7.89. The van der Waals surface area contributed by atoms with Gasteiger partial charge in [0.1, 0.15) is 0 Å². The number of rotatable bonds is 7. The summed E-state index contributed by atoms with van der Waals surface area (Å²) < 4.78 is 0. The van der Waals surface area contributed by atoms with E-state index in [4.69, 9.17) is 0 Å². The first-order valence-corrected chi connectivity index (χ1v) is 7.89. The van der Waals surface area contributed by atoms with Gasteiger partial charge in [0.15, 0.2) is 0 Å². The van der Waals surface area contributed by atoms with E-state index in [0.717, 1.165) is 25.8 Å². The summed E-state index contributed by atoms with van der Waals surface area (Å²) in [5, 5.41) is 9.91. The molecule has 22 heavy (non-hydrogen) atoms. The maximum atomic E-state index is 12.2. The lowest BCUT2D eigenvalue weighted by Gasteiger charge is -2.21. The number of carbonyl (C=O) groups excluding carboxylic acids is 2. The van der Waals surface area contributed by atoms with Gasteiger partial charge in [-0.15, -0.1) is 0 Å². The number of aliphatic hydroxyl groups is 1. The average Bonchev–Trinajstić information content (AvgIpc) is 3.32. The second-order valence-electron chi connectivity index (χ2n) is 6.33. The third kappa shape index (κ3) is 3.05. The van der Waals surface area contributed by atoms with Crippen molar-refractivity contribution in [1.29, 1.82) is 0 Å². The Bertz CT molecular complexity index is 548. The lowest BCUT2D eigenvalue weighted by molar-refractivity contribution is 0.0640. The molecule has 0 radical (unpaired) electrons. The number of imide groups is 1. The van der Waals surface area contributed by atoms with Crippen LogP contribution in [-0.2, 0) is 0 Å². The molecule has 1 heterocycles. The molecule has 118 valence electrons. The minimum Gasteiger partial charge on any atom is -0.392 e. The van der Waals surface area contributed by atoms with Crippen LogP contribution in [0.5, 0.6) is 0 Å². The molecule has 1 aliphatic carbocycles.